The topological polar surface area (TPSA) is 56.6 Å². The van der Waals surface area contributed by atoms with Crippen molar-refractivity contribution in [3.63, 3.8) is 0 Å². The Morgan fingerprint density at radius 3 is 3.06 bits per heavy atom. The highest BCUT2D eigenvalue weighted by atomic mass is 16.1. The molecule has 0 saturated heterocycles. The van der Waals surface area contributed by atoms with Crippen LogP contribution in [0.5, 0.6) is 0 Å². The zero-order chi connectivity index (χ0) is 12.5. The van der Waals surface area contributed by atoms with Crippen molar-refractivity contribution in [1.29, 1.82) is 5.26 Å². The number of hydrogen-bond donors (Lipinski definition) is 1. The lowest BCUT2D eigenvalue weighted by molar-refractivity contribution is -0.111. The average Bonchev–Trinajstić information content (AvgIpc) is 3.03. The number of rotatable bonds is 2. The van der Waals surface area contributed by atoms with E-state index in [0.29, 0.717) is 11.5 Å². The molecule has 0 amide bonds. The van der Waals surface area contributed by atoms with Crippen LogP contribution in [0.25, 0.3) is 10.9 Å². The monoisotopic (exact) mass is 238 g/mol. The molecule has 3 rings (SSSR count). The van der Waals surface area contributed by atoms with E-state index in [9.17, 15) is 4.79 Å². The number of benzene rings is 1. The Balaban J connectivity index is 2.07. The molecule has 1 unspecified atom stereocenters. The minimum absolute atomic E-state index is 0.145. The molecular formula is C15H14N2O. The van der Waals surface area contributed by atoms with E-state index in [0.717, 1.165) is 36.5 Å². The van der Waals surface area contributed by atoms with Crippen LogP contribution < -0.4 is 0 Å². The zero-order valence-corrected chi connectivity index (χ0v) is 10.0. The fraction of sp³-hybridized carbons (Fsp3) is 0.333. The molecule has 1 aliphatic rings. The van der Waals surface area contributed by atoms with Crippen molar-refractivity contribution < 1.29 is 4.79 Å². The van der Waals surface area contributed by atoms with Crippen LogP contribution in [0.4, 0.5) is 0 Å². The third kappa shape index (κ3) is 1.62. The number of carbonyl (C=O) groups is 1. The molecule has 1 saturated carbocycles. The Morgan fingerprint density at radius 2 is 2.28 bits per heavy atom. The molecule has 1 fully saturated rings. The highest BCUT2D eigenvalue weighted by Gasteiger charge is 2.28. The number of carbonyl (C=O) groups excluding carboxylic acids is 1. The minimum Gasteiger partial charge on any atom is -0.360 e. The van der Waals surface area contributed by atoms with E-state index in [-0.39, 0.29) is 5.92 Å². The van der Waals surface area contributed by atoms with Gasteiger partial charge in [-0.05, 0) is 36.5 Å². The Labute approximate surface area is 105 Å². The van der Waals surface area contributed by atoms with Gasteiger partial charge in [0.25, 0.3) is 0 Å². The molecule has 1 aromatic carbocycles. The summed E-state index contributed by atoms with van der Waals surface area (Å²) in [5, 5.41) is 10.0. The standard InChI is InChI=1S/C15H14N2O/c16-7-12-8-17-15-5-4-10(6-14(12)15)13-3-1-2-11(13)9-18/h4-6,8-9,11,13,17H,1-3H2/t11-,13?/m1/s1. The molecule has 2 aromatic rings. The van der Waals surface area contributed by atoms with Gasteiger partial charge in [0.05, 0.1) is 5.56 Å². The molecule has 1 N–H and O–H groups in total. The van der Waals surface area contributed by atoms with Gasteiger partial charge in [-0.3, -0.25) is 0 Å². The fourth-order valence-corrected chi connectivity index (χ4v) is 3.03. The van der Waals surface area contributed by atoms with Gasteiger partial charge in [0.2, 0.25) is 0 Å². The summed E-state index contributed by atoms with van der Waals surface area (Å²) in [5.74, 6) is 0.472. The SMILES string of the molecule is N#Cc1c[nH]c2ccc(C3CCC[C@@H]3C=O)cc12. The lowest BCUT2D eigenvalue weighted by atomic mass is 9.89. The minimum atomic E-state index is 0.145. The van der Waals surface area contributed by atoms with Crippen molar-refractivity contribution in [2.75, 3.05) is 0 Å². The average molecular weight is 238 g/mol. The van der Waals surface area contributed by atoms with E-state index in [2.05, 4.69) is 23.2 Å². The Hall–Kier alpha value is -2.08. The first-order chi connectivity index (χ1) is 8.83. The van der Waals surface area contributed by atoms with Crippen molar-refractivity contribution >= 4 is 17.2 Å². The zero-order valence-electron chi connectivity index (χ0n) is 10.0. The van der Waals surface area contributed by atoms with Gasteiger partial charge in [0.15, 0.2) is 0 Å². The van der Waals surface area contributed by atoms with Gasteiger partial charge >= 0.3 is 0 Å². The molecule has 0 spiro atoms. The normalized spacial score (nSPS) is 23.1. The summed E-state index contributed by atoms with van der Waals surface area (Å²) in [7, 11) is 0. The molecule has 18 heavy (non-hydrogen) atoms. The van der Waals surface area contributed by atoms with Gasteiger partial charge in [-0.1, -0.05) is 12.5 Å². The summed E-state index contributed by atoms with van der Waals surface area (Å²) < 4.78 is 0. The summed E-state index contributed by atoms with van der Waals surface area (Å²) in [5.41, 5.74) is 2.84. The lowest BCUT2D eigenvalue weighted by Crippen LogP contribution is -2.07. The highest BCUT2D eigenvalue weighted by Crippen LogP contribution is 2.39. The quantitative estimate of drug-likeness (QED) is 0.817. The van der Waals surface area contributed by atoms with Crippen molar-refractivity contribution in [2.45, 2.75) is 25.2 Å². The third-order valence-electron chi connectivity index (χ3n) is 4.00. The summed E-state index contributed by atoms with van der Waals surface area (Å²) in [6.45, 7) is 0. The molecule has 1 aromatic heterocycles. The first-order valence-corrected chi connectivity index (χ1v) is 6.30. The van der Waals surface area contributed by atoms with Gasteiger partial charge in [0.1, 0.15) is 12.4 Å². The summed E-state index contributed by atoms with van der Waals surface area (Å²) in [6, 6.07) is 8.34. The molecule has 3 heteroatoms. The van der Waals surface area contributed by atoms with E-state index < -0.39 is 0 Å². The van der Waals surface area contributed by atoms with Crippen LogP contribution in [0, 0.1) is 17.2 Å². The number of aromatic nitrogens is 1. The summed E-state index contributed by atoms with van der Waals surface area (Å²) in [6.07, 6.45) is 6.00. The molecule has 0 aliphatic heterocycles. The predicted molar refractivity (Wildman–Crippen MR) is 69.2 cm³/mol. The van der Waals surface area contributed by atoms with Crippen LogP contribution >= 0.6 is 0 Å². The summed E-state index contributed by atoms with van der Waals surface area (Å²) >= 11 is 0. The van der Waals surface area contributed by atoms with Crippen molar-refractivity contribution in [3.8, 4) is 6.07 Å². The molecule has 1 aliphatic carbocycles. The second kappa shape index (κ2) is 4.30. The summed E-state index contributed by atoms with van der Waals surface area (Å²) in [4.78, 5) is 14.2. The van der Waals surface area contributed by atoms with E-state index in [1.54, 1.807) is 6.20 Å². The largest absolute Gasteiger partial charge is 0.360 e. The maximum absolute atomic E-state index is 11.1. The second-order valence-electron chi connectivity index (χ2n) is 4.96. The van der Waals surface area contributed by atoms with Gasteiger partial charge < -0.3 is 9.78 Å². The number of hydrogen-bond acceptors (Lipinski definition) is 2. The fourth-order valence-electron chi connectivity index (χ4n) is 3.03. The van der Waals surface area contributed by atoms with Crippen LogP contribution in [0.15, 0.2) is 24.4 Å². The van der Waals surface area contributed by atoms with Gasteiger partial charge in [-0.2, -0.15) is 5.26 Å². The maximum Gasteiger partial charge on any atom is 0.123 e. The van der Waals surface area contributed by atoms with Gasteiger partial charge in [0, 0.05) is 23.0 Å². The molecule has 1 heterocycles. The maximum atomic E-state index is 11.1. The van der Waals surface area contributed by atoms with E-state index in [1.165, 1.54) is 5.56 Å². The number of H-pyrrole nitrogens is 1. The number of nitrogens with zero attached hydrogens (tertiary/aromatic N) is 1. The molecule has 2 atom stereocenters. The van der Waals surface area contributed by atoms with Crippen LogP contribution in [0.2, 0.25) is 0 Å². The van der Waals surface area contributed by atoms with Crippen molar-refractivity contribution in [3.05, 3.63) is 35.5 Å². The molecule has 0 bridgehead atoms. The molecular weight excluding hydrogens is 224 g/mol. The molecule has 3 nitrogen and oxygen atoms in total. The lowest BCUT2D eigenvalue weighted by Gasteiger charge is -2.14. The van der Waals surface area contributed by atoms with E-state index in [1.807, 2.05) is 6.07 Å². The Kier molecular flexibility index (Phi) is 2.64. The third-order valence-corrected chi connectivity index (χ3v) is 4.00. The predicted octanol–water partition coefficient (Wildman–Crippen LogP) is 3.12. The van der Waals surface area contributed by atoms with E-state index in [4.69, 9.17) is 5.26 Å². The first kappa shape index (κ1) is 11.0. The molecule has 0 radical (unpaired) electrons. The smallest absolute Gasteiger partial charge is 0.123 e. The van der Waals surface area contributed by atoms with E-state index >= 15 is 0 Å². The van der Waals surface area contributed by atoms with Gasteiger partial charge in [-0.15, -0.1) is 0 Å². The van der Waals surface area contributed by atoms with Crippen molar-refractivity contribution in [2.24, 2.45) is 5.92 Å². The Morgan fingerprint density at radius 1 is 1.39 bits per heavy atom. The number of fused-ring (bicyclic) bond motifs is 1. The number of aromatic amines is 1. The number of nitrogens with one attached hydrogen (secondary N) is 1. The van der Waals surface area contributed by atoms with Crippen LogP contribution in [0.3, 0.4) is 0 Å². The highest BCUT2D eigenvalue weighted by molar-refractivity contribution is 5.86. The number of aldehydes is 1. The van der Waals surface area contributed by atoms with Gasteiger partial charge in [-0.25, -0.2) is 0 Å². The first-order valence-electron chi connectivity index (χ1n) is 6.30. The number of nitriles is 1. The second-order valence-corrected chi connectivity index (χ2v) is 4.96. The van der Waals surface area contributed by atoms with Crippen LogP contribution in [0.1, 0.15) is 36.3 Å². The van der Waals surface area contributed by atoms with Crippen LogP contribution in [-0.4, -0.2) is 11.3 Å². The Bertz CT molecular complexity index is 635. The molecule has 90 valence electrons. The van der Waals surface area contributed by atoms with Crippen molar-refractivity contribution in [1.82, 2.24) is 4.98 Å². The van der Waals surface area contributed by atoms with Crippen LogP contribution in [-0.2, 0) is 4.79 Å².